The maximum atomic E-state index is 11.8. The first kappa shape index (κ1) is 16.3. The summed E-state index contributed by atoms with van der Waals surface area (Å²) < 4.78 is 22.0. The van der Waals surface area contributed by atoms with E-state index in [1.165, 1.54) is 16.7 Å². The molecule has 0 bridgehead atoms. The highest BCUT2D eigenvalue weighted by molar-refractivity contribution is 7.98. The summed E-state index contributed by atoms with van der Waals surface area (Å²) in [6, 6.07) is -0.884. The number of aliphatic carboxylic acids is 1. The van der Waals surface area contributed by atoms with Crippen LogP contribution in [0.2, 0.25) is 0 Å². The van der Waals surface area contributed by atoms with Gasteiger partial charge in [0.1, 0.15) is 6.04 Å². The minimum Gasteiger partial charge on any atom is -0.480 e. The third-order valence-electron chi connectivity index (χ3n) is 2.96. The molecule has 0 aromatic heterocycles. The van der Waals surface area contributed by atoms with Crippen molar-refractivity contribution < 1.29 is 23.1 Å². The average Bonchev–Trinajstić information content (AvgIpc) is 2.57. The fraction of sp³-hybridized carbons (Fsp3) is 0.800. The van der Waals surface area contributed by atoms with Crippen LogP contribution in [0.4, 0.5) is 0 Å². The lowest BCUT2D eigenvalue weighted by Crippen LogP contribution is -2.43. The van der Waals surface area contributed by atoms with Crippen LogP contribution in [-0.4, -0.2) is 60.6 Å². The zero-order valence-corrected chi connectivity index (χ0v) is 12.2. The van der Waals surface area contributed by atoms with Gasteiger partial charge in [0.25, 0.3) is 0 Å². The SMILES string of the molecule is CSCC[C@@H](C(=O)O)N1CC(CS(N)(=O)=O)CC1=O. The Balaban J connectivity index is 2.72. The van der Waals surface area contributed by atoms with E-state index in [0.717, 1.165) is 0 Å². The zero-order valence-electron chi connectivity index (χ0n) is 10.6. The summed E-state index contributed by atoms with van der Waals surface area (Å²) in [6.45, 7) is 0.139. The number of nitrogens with two attached hydrogens (primary N) is 1. The van der Waals surface area contributed by atoms with E-state index in [1.807, 2.05) is 6.26 Å². The molecular formula is C10H18N2O5S2. The van der Waals surface area contributed by atoms with E-state index >= 15 is 0 Å². The zero-order chi connectivity index (χ0) is 14.6. The first-order valence-corrected chi connectivity index (χ1v) is 8.87. The van der Waals surface area contributed by atoms with Gasteiger partial charge in [0.05, 0.1) is 5.75 Å². The van der Waals surface area contributed by atoms with E-state index in [2.05, 4.69) is 0 Å². The molecule has 110 valence electrons. The van der Waals surface area contributed by atoms with Crippen LogP contribution >= 0.6 is 11.8 Å². The number of nitrogens with zero attached hydrogens (tertiary/aromatic N) is 1. The number of thioether (sulfide) groups is 1. The number of primary sulfonamides is 1. The van der Waals surface area contributed by atoms with Crippen molar-refractivity contribution in [3.8, 4) is 0 Å². The number of rotatable bonds is 7. The first-order chi connectivity index (χ1) is 8.74. The third kappa shape index (κ3) is 5.00. The van der Waals surface area contributed by atoms with Gasteiger partial charge in [-0.1, -0.05) is 0 Å². The number of amides is 1. The number of hydrogen-bond donors (Lipinski definition) is 2. The van der Waals surface area contributed by atoms with Crippen LogP contribution in [0.3, 0.4) is 0 Å². The Kier molecular flexibility index (Phi) is 5.63. The molecule has 19 heavy (non-hydrogen) atoms. The smallest absolute Gasteiger partial charge is 0.326 e. The highest BCUT2D eigenvalue weighted by Gasteiger charge is 2.38. The summed E-state index contributed by atoms with van der Waals surface area (Å²) in [5.74, 6) is -1.45. The number of hydrogen-bond acceptors (Lipinski definition) is 5. The van der Waals surface area contributed by atoms with Crippen LogP contribution in [0.1, 0.15) is 12.8 Å². The molecule has 1 aliphatic rings. The molecular weight excluding hydrogens is 292 g/mol. The Morgan fingerprint density at radius 3 is 2.74 bits per heavy atom. The summed E-state index contributed by atoms with van der Waals surface area (Å²) in [4.78, 5) is 24.2. The topological polar surface area (TPSA) is 118 Å². The fourth-order valence-electron chi connectivity index (χ4n) is 2.19. The Labute approximate surface area is 116 Å². The number of carbonyl (C=O) groups is 2. The minimum absolute atomic E-state index is 0.0411. The Bertz CT molecular complexity index is 451. The fourth-order valence-corrected chi connectivity index (χ4v) is 3.53. The molecule has 7 nitrogen and oxygen atoms in total. The molecule has 0 spiro atoms. The van der Waals surface area contributed by atoms with Crippen LogP contribution in [0.25, 0.3) is 0 Å². The minimum atomic E-state index is -3.65. The van der Waals surface area contributed by atoms with Crippen LogP contribution in [-0.2, 0) is 19.6 Å². The van der Waals surface area contributed by atoms with Crippen molar-refractivity contribution in [3.63, 3.8) is 0 Å². The van der Waals surface area contributed by atoms with Gasteiger partial charge in [-0.25, -0.2) is 18.4 Å². The van der Waals surface area contributed by atoms with Crippen LogP contribution in [0.15, 0.2) is 0 Å². The van der Waals surface area contributed by atoms with Gasteiger partial charge in [0.2, 0.25) is 15.9 Å². The largest absolute Gasteiger partial charge is 0.480 e. The second-order valence-corrected chi connectivity index (χ2v) is 7.23. The van der Waals surface area contributed by atoms with Crippen molar-refractivity contribution in [3.05, 3.63) is 0 Å². The first-order valence-electron chi connectivity index (χ1n) is 5.76. The number of likely N-dealkylation sites (tertiary alicyclic amines) is 1. The molecule has 1 amide bonds. The molecule has 9 heteroatoms. The van der Waals surface area contributed by atoms with Gasteiger partial charge >= 0.3 is 5.97 Å². The maximum Gasteiger partial charge on any atom is 0.326 e. The van der Waals surface area contributed by atoms with Crippen molar-refractivity contribution >= 4 is 33.7 Å². The molecule has 1 aliphatic heterocycles. The Hall–Kier alpha value is -0.800. The summed E-state index contributed by atoms with van der Waals surface area (Å²) in [7, 11) is -3.65. The van der Waals surface area contributed by atoms with E-state index in [9.17, 15) is 18.0 Å². The normalized spacial score (nSPS) is 21.7. The molecule has 0 aromatic carbocycles. The summed E-state index contributed by atoms with van der Waals surface area (Å²) in [6.07, 6.45) is 2.25. The Morgan fingerprint density at radius 1 is 1.63 bits per heavy atom. The molecule has 3 N–H and O–H groups in total. The standard InChI is InChI=1S/C10H18N2O5S2/c1-18-3-2-8(10(14)15)12-5-7(4-9(12)13)6-19(11,16)17/h7-8H,2-6H2,1H3,(H,14,15)(H2,11,16,17)/t7?,8-/m0/s1. The van der Waals surface area contributed by atoms with Gasteiger partial charge in [-0.05, 0) is 18.4 Å². The third-order valence-corrected chi connectivity index (χ3v) is 4.54. The summed E-state index contributed by atoms with van der Waals surface area (Å²) >= 11 is 1.50. The van der Waals surface area contributed by atoms with Gasteiger partial charge in [-0.2, -0.15) is 11.8 Å². The van der Waals surface area contributed by atoms with Gasteiger partial charge in [0, 0.05) is 18.9 Å². The predicted molar refractivity (Wildman–Crippen MR) is 72.2 cm³/mol. The molecule has 0 radical (unpaired) electrons. The van der Waals surface area contributed by atoms with E-state index in [0.29, 0.717) is 12.2 Å². The van der Waals surface area contributed by atoms with E-state index in [1.54, 1.807) is 0 Å². The van der Waals surface area contributed by atoms with Gasteiger partial charge < -0.3 is 10.0 Å². The van der Waals surface area contributed by atoms with Gasteiger partial charge in [-0.15, -0.1) is 0 Å². The second kappa shape index (κ2) is 6.58. The molecule has 1 fully saturated rings. The number of carboxylic acid groups (broad SMARTS) is 1. The van der Waals surface area contributed by atoms with Crippen molar-refractivity contribution in [2.75, 3.05) is 24.3 Å². The van der Waals surface area contributed by atoms with Crippen molar-refractivity contribution in [1.82, 2.24) is 4.90 Å². The lowest BCUT2D eigenvalue weighted by Gasteiger charge is -2.24. The molecule has 1 unspecified atom stereocenters. The van der Waals surface area contributed by atoms with Crippen LogP contribution in [0.5, 0.6) is 0 Å². The lowest BCUT2D eigenvalue weighted by molar-refractivity contribution is -0.148. The predicted octanol–water partition coefficient (Wildman–Crippen LogP) is -0.670. The maximum absolute atomic E-state index is 11.8. The quantitative estimate of drug-likeness (QED) is 0.644. The monoisotopic (exact) mass is 310 g/mol. The van der Waals surface area contributed by atoms with Crippen molar-refractivity contribution in [1.29, 1.82) is 0 Å². The second-order valence-electron chi connectivity index (χ2n) is 4.58. The molecule has 1 rings (SSSR count). The van der Waals surface area contributed by atoms with Gasteiger partial charge in [0.15, 0.2) is 0 Å². The number of carboxylic acids is 1. The van der Waals surface area contributed by atoms with Crippen LogP contribution in [0, 0.1) is 5.92 Å². The number of carbonyl (C=O) groups excluding carboxylic acids is 1. The molecule has 0 saturated carbocycles. The molecule has 0 aliphatic carbocycles. The molecule has 0 aromatic rings. The van der Waals surface area contributed by atoms with E-state index in [-0.39, 0.29) is 24.6 Å². The van der Waals surface area contributed by atoms with E-state index < -0.39 is 28.0 Å². The lowest BCUT2D eigenvalue weighted by atomic mass is 10.1. The van der Waals surface area contributed by atoms with Gasteiger partial charge in [-0.3, -0.25) is 4.79 Å². The molecule has 1 saturated heterocycles. The average molecular weight is 310 g/mol. The molecule has 2 atom stereocenters. The Morgan fingerprint density at radius 2 is 2.26 bits per heavy atom. The summed E-state index contributed by atoms with van der Waals surface area (Å²) in [5, 5.41) is 14.1. The highest BCUT2D eigenvalue weighted by atomic mass is 32.2. The van der Waals surface area contributed by atoms with Crippen molar-refractivity contribution in [2.24, 2.45) is 11.1 Å². The molecule has 1 heterocycles. The van der Waals surface area contributed by atoms with Crippen molar-refractivity contribution in [2.45, 2.75) is 18.9 Å². The summed E-state index contributed by atoms with van der Waals surface area (Å²) in [5.41, 5.74) is 0. The van der Waals surface area contributed by atoms with Crippen LogP contribution < -0.4 is 5.14 Å². The number of sulfonamides is 1. The highest BCUT2D eigenvalue weighted by Crippen LogP contribution is 2.23. The van der Waals surface area contributed by atoms with E-state index in [4.69, 9.17) is 10.2 Å².